The van der Waals surface area contributed by atoms with Crippen molar-refractivity contribution in [2.24, 2.45) is 5.10 Å². The van der Waals surface area contributed by atoms with Crippen molar-refractivity contribution in [3.05, 3.63) is 115 Å². The van der Waals surface area contributed by atoms with Crippen LogP contribution in [0.25, 0.3) is 22.0 Å². The van der Waals surface area contributed by atoms with E-state index in [4.69, 9.17) is 44.3 Å². The highest BCUT2D eigenvalue weighted by Crippen LogP contribution is 2.43. The number of carbonyl (C=O) groups is 2. The van der Waals surface area contributed by atoms with Crippen LogP contribution < -0.4 is 14.9 Å². The maximum absolute atomic E-state index is 13.5. The molecule has 0 radical (unpaired) electrons. The molecule has 1 amide bonds. The van der Waals surface area contributed by atoms with Gasteiger partial charge in [0.2, 0.25) is 0 Å². The quantitative estimate of drug-likeness (QED) is 0.0785. The van der Waals surface area contributed by atoms with Gasteiger partial charge in [0.15, 0.2) is 0 Å². The number of nitrogens with one attached hydrogen (secondary N) is 2. The molecule has 7 nitrogen and oxygen atoms in total. The predicted molar refractivity (Wildman–Crippen MR) is 166 cm³/mol. The zero-order chi connectivity index (χ0) is 29.1. The molecule has 0 aliphatic heterocycles. The first-order valence-electron chi connectivity index (χ1n) is 12.0. The van der Waals surface area contributed by atoms with Gasteiger partial charge in [-0.1, -0.05) is 81.1 Å². The number of aromatic nitrogens is 1. The number of halogens is 4. The van der Waals surface area contributed by atoms with Gasteiger partial charge in [0.1, 0.15) is 17.2 Å². The Kier molecular flexibility index (Phi) is 8.65. The van der Waals surface area contributed by atoms with E-state index in [0.717, 1.165) is 9.86 Å². The van der Waals surface area contributed by atoms with Crippen LogP contribution in [0.4, 0.5) is 0 Å². The molecule has 5 rings (SSSR count). The highest BCUT2D eigenvalue weighted by atomic mass is 79.9. The molecule has 1 heterocycles. The molecule has 0 fully saturated rings. The second-order valence-electron chi connectivity index (χ2n) is 8.61. The van der Waals surface area contributed by atoms with E-state index in [1.54, 1.807) is 49.6 Å². The van der Waals surface area contributed by atoms with Crippen LogP contribution in [0.5, 0.6) is 11.5 Å². The summed E-state index contributed by atoms with van der Waals surface area (Å²) in [4.78, 5) is 29.4. The van der Waals surface area contributed by atoms with Crippen LogP contribution in [0, 0.1) is 0 Å². The predicted octanol–water partition coefficient (Wildman–Crippen LogP) is 8.55. The van der Waals surface area contributed by atoms with Gasteiger partial charge in [-0.15, -0.1) is 0 Å². The maximum Gasteiger partial charge on any atom is 0.345 e. The molecule has 0 bridgehead atoms. The first-order valence-corrected chi connectivity index (χ1v) is 13.9. The van der Waals surface area contributed by atoms with Gasteiger partial charge in [-0.2, -0.15) is 5.10 Å². The van der Waals surface area contributed by atoms with Crippen molar-refractivity contribution in [3.63, 3.8) is 0 Å². The van der Waals surface area contributed by atoms with E-state index >= 15 is 0 Å². The summed E-state index contributed by atoms with van der Waals surface area (Å²) in [5.41, 5.74) is 5.23. The summed E-state index contributed by atoms with van der Waals surface area (Å²) in [6, 6.07) is 22.1. The summed E-state index contributed by atoms with van der Waals surface area (Å²) >= 11 is 22.2. The smallest absolute Gasteiger partial charge is 0.345 e. The Labute approximate surface area is 258 Å². The number of amides is 1. The lowest BCUT2D eigenvalue weighted by Gasteiger charge is -2.09. The van der Waals surface area contributed by atoms with Gasteiger partial charge in [0, 0.05) is 36.6 Å². The highest BCUT2D eigenvalue weighted by molar-refractivity contribution is 9.10. The lowest BCUT2D eigenvalue weighted by atomic mass is 10.0. The number of carbonyl (C=O) groups excluding carboxylic acids is 2. The first-order chi connectivity index (χ1) is 19.8. The van der Waals surface area contributed by atoms with Gasteiger partial charge in [-0.25, -0.2) is 10.2 Å². The number of methoxy groups -OCH3 is 1. The van der Waals surface area contributed by atoms with Crippen LogP contribution in [0.2, 0.25) is 15.1 Å². The Balaban J connectivity index is 1.45. The number of benzene rings is 4. The fourth-order valence-electron chi connectivity index (χ4n) is 4.22. The number of ether oxygens (including phenoxy) is 2. The standard InChI is InChI=1S/C30H19BrCl3N3O4/c1-40-24-13-12-20(31)26-25(18-7-3-4-8-21(18)33)28(36-27(24)26)29(38)37-35-15-16-6-2-5-9-23(16)41-30(39)19-11-10-17(32)14-22(19)34/h2-15,36H,1H3,(H,37,38). The average Bonchev–Trinajstić information content (AvgIpc) is 3.36. The van der Waals surface area contributed by atoms with Crippen molar-refractivity contribution in [1.29, 1.82) is 0 Å². The molecule has 0 saturated carbocycles. The molecular weight excluding hydrogens is 653 g/mol. The van der Waals surface area contributed by atoms with Gasteiger partial charge in [0.25, 0.3) is 5.91 Å². The molecule has 4 aromatic carbocycles. The highest BCUT2D eigenvalue weighted by Gasteiger charge is 2.24. The Hall–Kier alpha value is -3.82. The molecule has 0 saturated heterocycles. The summed E-state index contributed by atoms with van der Waals surface area (Å²) in [7, 11) is 1.55. The van der Waals surface area contributed by atoms with Crippen molar-refractivity contribution in [1.82, 2.24) is 10.4 Å². The fourth-order valence-corrected chi connectivity index (χ4v) is 5.46. The normalized spacial score (nSPS) is 11.1. The van der Waals surface area contributed by atoms with E-state index < -0.39 is 11.9 Å². The summed E-state index contributed by atoms with van der Waals surface area (Å²) in [6.07, 6.45) is 1.37. The number of nitrogens with zero attached hydrogens (tertiary/aromatic N) is 1. The van der Waals surface area contributed by atoms with E-state index in [-0.39, 0.29) is 22.0 Å². The number of esters is 1. The third kappa shape index (κ3) is 5.96. The SMILES string of the molecule is COc1ccc(Br)c2c(-c3ccccc3Cl)c(C(=O)NN=Cc3ccccc3OC(=O)c3ccc(Cl)cc3Cl)[nH]c12. The summed E-state index contributed by atoms with van der Waals surface area (Å²) in [5.74, 6) is -0.421. The fraction of sp³-hybridized carbons (Fsp3) is 0.0333. The van der Waals surface area contributed by atoms with Crippen LogP contribution in [0.15, 0.2) is 88.4 Å². The van der Waals surface area contributed by atoms with Gasteiger partial charge < -0.3 is 14.5 Å². The zero-order valence-corrected chi connectivity index (χ0v) is 25.0. The molecule has 0 unspecified atom stereocenters. The second-order valence-corrected chi connectivity index (χ2v) is 10.7. The van der Waals surface area contributed by atoms with E-state index in [2.05, 4.69) is 31.4 Å². The Morgan fingerprint density at radius 1 is 0.927 bits per heavy atom. The van der Waals surface area contributed by atoms with Gasteiger partial charge in [-0.05, 0) is 48.5 Å². The van der Waals surface area contributed by atoms with Gasteiger partial charge >= 0.3 is 5.97 Å². The molecule has 41 heavy (non-hydrogen) atoms. The molecule has 0 aliphatic rings. The largest absolute Gasteiger partial charge is 0.495 e. The number of para-hydroxylation sites is 1. The maximum atomic E-state index is 13.5. The molecule has 11 heteroatoms. The Bertz CT molecular complexity index is 1840. The van der Waals surface area contributed by atoms with Crippen LogP contribution in [-0.4, -0.2) is 30.2 Å². The minimum atomic E-state index is -0.668. The molecule has 0 aliphatic carbocycles. The minimum absolute atomic E-state index is 0.156. The van der Waals surface area contributed by atoms with E-state index in [0.29, 0.717) is 38.0 Å². The van der Waals surface area contributed by atoms with E-state index in [9.17, 15) is 9.59 Å². The molecule has 0 atom stereocenters. The second kappa shape index (κ2) is 12.4. The number of fused-ring (bicyclic) bond motifs is 1. The minimum Gasteiger partial charge on any atom is -0.495 e. The third-order valence-corrected chi connectivity index (χ3v) is 7.64. The average molecular weight is 672 g/mol. The Morgan fingerprint density at radius 3 is 2.44 bits per heavy atom. The van der Waals surface area contributed by atoms with Gasteiger partial charge in [0.05, 0.1) is 29.4 Å². The summed E-state index contributed by atoms with van der Waals surface area (Å²) in [6.45, 7) is 0. The van der Waals surface area contributed by atoms with E-state index in [1.165, 1.54) is 18.3 Å². The molecule has 1 aromatic heterocycles. The van der Waals surface area contributed by atoms with Crippen LogP contribution in [-0.2, 0) is 0 Å². The topological polar surface area (TPSA) is 92.8 Å². The molecule has 2 N–H and O–H groups in total. The Morgan fingerprint density at radius 2 is 1.68 bits per heavy atom. The van der Waals surface area contributed by atoms with Crippen LogP contribution in [0.3, 0.4) is 0 Å². The molecule has 5 aromatic rings. The lowest BCUT2D eigenvalue weighted by molar-refractivity contribution is 0.0734. The molecule has 206 valence electrons. The lowest BCUT2D eigenvalue weighted by Crippen LogP contribution is -2.19. The van der Waals surface area contributed by atoms with Gasteiger partial charge in [-0.3, -0.25) is 4.79 Å². The number of rotatable bonds is 7. The number of hydrogen-bond acceptors (Lipinski definition) is 5. The van der Waals surface area contributed by atoms with Crippen LogP contribution >= 0.6 is 50.7 Å². The van der Waals surface area contributed by atoms with Crippen molar-refractivity contribution in [2.75, 3.05) is 7.11 Å². The number of H-pyrrole nitrogens is 1. The van der Waals surface area contributed by atoms with E-state index in [1.807, 2.05) is 24.3 Å². The number of aromatic amines is 1. The first kappa shape index (κ1) is 28.7. The molecule has 0 spiro atoms. The van der Waals surface area contributed by atoms with Crippen molar-refractivity contribution < 1.29 is 19.1 Å². The monoisotopic (exact) mass is 669 g/mol. The van der Waals surface area contributed by atoms with Crippen molar-refractivity contribution in [2.45, 2.75) is 0 Å². The molecular formula is C30H19BrCl3N3O4. The zero-order valence-electron chi connectivity index (χ0n) is 21.2. The number of hydrogen-bond donors (Lipinski definition) is 2. The summed E-state index contributed by atoms with van der Waals surface area (Å²) < 4.78 is 11.8. The third-order valence-electron chi connectivity index (χ3n) is 6.10. The van der Waals surface area contributed by atoms with Crippen LogP contribution in [0.1, 0.15) is 26.4 Å². The van der Waals surface area contributed by atoms with Crippen molar-refractivity contribution >= 4 is 79.7 Å². The number of hydrazone groups is 1. The summed E-state index contributed by atoms with van der Waals surface area (Å²) in [5, 5.41) is 5.88. The van der Waals surface area contributed by atoms with Crippen molar-refractivity contribution in [3.8, 4) is 22.6 Å².